The molecule has 0 radical (unpaired) electrons. The minimum absolute atomic E-state index is 0.0893. The van der Waals surface area contributed by atoms with Crippen LogP contribution in [-0.2, 0) is 16.2 Å². The molecule has 6 atom stereocenters. The van der Waals surface area contributed by atoms with Crippen LogP contribution in [-0.4, -0.2) is 0 Å². The number of fused-ring (bicyclic) bond motifs is 8. The summed E-state index contributed by atoms with van der Waals surface area (Å²) in [6, 6.07) is 43.4. The van der Waals surface area contributed by atoms with Gasteiger partial charge in [-0.15, -0.1) is 0 Å². The molecule has 1 aliphatic heterocycles. The van der Waals surface area contributed by atoms with Crippen LogP contribution >= 0.6 is 0 Å². The Morgan fingerprint density at radius 1 is 0.580 bits per heavy atom. The zero-order chi connectivity index (χ0) is 33.6. The molecule has 0 aromatic heterocycles. The lowest BCUT2D eigenvalue weighted by molar-refractivity contribution is -0.235. The van der Waals surface area contributed by atoms with Crippen molar-refractivity contribution in [3.05, 3.63) is 138 Å². The molecule has 0 N–H and O–H groups in total. The molecule has 0 saturated heterocycles. The second-order valence-electron chi connectivity index (χ2n) is 18.1. The Balaban J connectivity index is 0.997. The molecule has 6 unspecified atom stereocenters. The lowest BCUT2D eigenvalue weighted by Gasteiger charge is -2.77. The van der Waals surface area contributed by atoms with E-state index in [1.165, 1.54) is 89.0 Å². The average Bonchev–Trinajstić information content (AvgIpc) is 3.66. The van der Waals surface area contributed by atoms with Crippen LogP contribution in [0.15, 0.2) is 115 Å². The van der Waals surface area contributed by atoms with Crippen LogP contribution in [0.1, 0.15) is 88.5 Å². The standard InChI is InChI=1S/C48H47NO/c1-45(2)23-24-46(3,4)44-38(45)14-10-15-39(44)49(34-11-6-5-7-12-34)35-20-17-31(18-21-35)32-19-22-37-41(27-32)50-40-16-9-8-13-36(40)48(37)42-26-30-25-33-28-43(48)47(33,42)29-30/h5-22,27,30,33,42-43H,23-26,28-29H2,1-4H3. The van der Waals surface area contributed by atoms with Crippen LogP contribution in [0, 0.1) is 29.1 Å². The molecule has 0 amide bonds. The Kier molecular flexibility index (Phi) is 5.72. The predicted octanol–water partition coefficient (Wildman–Crippen LogP) is 12.6. The molecule has 11 rings (SSSR count). The van der Waals surface area contributed by atoms with Crippen molar-refractivity contribution in [1.82, 2.24) is 0 Å². The molecule has 50 heavy (non-hydrogen) atoms. The van der Waals surface area contributed by atoms with E-state index in [-0.39, 0.29) is 16.2 Å². The summed E-state index contributed by atoms with van der Waals surface area (Å²) in [5.74, 6) is 5.64. The third kappa shape index (κ3) is 3.56. The molecule has 4 saturated carbocycles. The van der Waals surface area contributed by atoms with Crippen molar-refractivity contribution < 1.29 is 4.74 Å². The Bertz CT molecular complexity index is 2200. The first-order valence-corrected chi connectivity index (χ1v) is 19.2. The van der Waals surface area contributed by atoms with E-state index in [2.05, 4.69) is 148 Å². The van der Waals surface area contributed by atoms with E-state index in [9.17, 15) is 0 Å². The summed E-state index contributed by atoms with van der Waals surface area (Å²) in [5, 5.41) is 0. The van der Waals surface area contributed by atoms with E-state index >= 15 is 0 Å². The topological polar surface area (TPSA) is 12.5 Å². The first-order chi connectivity index (χ1) is 24.2. The van der Waals surface area contributed by atoms with Crippen molar-refractivity contribution in [2.45, 2.75) is 82.5 Å². The molecule has 6 aliphatic rings. The average molecular weight is 654 g/mol. The zero-order valence-corrected chi connectivity index (χ0v) is 29.9. The molecule has 2 bridgehead atoms. The normalized spacial score (nSPS) is 31.0. The Morgan fingerprint density at radius 2 is 1.26 bits per heavy atom. The van der Waals surface area contributed by atoms with Gasteiger partial charge in [-0.25, -0.2) is 0 Å². The Hall–Kier alpha value is -4.30. The highest BCUT2D eigenvalue weighted by atomic mass is 16.5. The van der Waals surface area contributed by atoms with Gasteiger partial charge in [-0.3, -0.25) is 0 Å². The lowest BCUT2D eigenvalue weighted by Crippen LogP contribution is -2.74. The van der Waals surface area contributed by atoms with Gasteiger partial charge in [0.15, 0.2) is 0 Å². The smallest absolute Gasteiger partial charge is 0.132 e. The summed E-state index contributed by atoms with van der Waals surface area (Å²) >= 11 is 0. The summed E-state index contributed by atoms with van der Waals surface area (Å²) in [6.45, 7) is 9.70. The fourth-order valence-corrected chi connectivity index (χ4v) is 13.0. The second kappa shape index (κ2) is 9.72. The minimum atomic E-state index is 0.0893. The highest BCUT2D eigenvalue weighted by molar-refractivity contribution is 5.82. The van der Waals surface area contributed by atoms with Gasteiger partial charge < -0.3 is 9.64 Å². The molecule has 5 aromatic rings. The van der Waals surface area contributed by atoms with Gasteiger partial charge in [0.1, 0.15) is 11.5 Å². The molecular weight excluding hydrogens is 607 g/mol. The maximum Gasteiger partial charge on any atom is 0.132 e. The van der Waals surface area contributed by atoms with Crippen LogP contribution in [0.3, 0.4) is 0 Å². The number of ether oxygens (including phenoxy) is 1. The summed E-state index contributed by atoms with van der Waals surface area (Å²) < 4.78 is 6.82. The van der Waals surface area contributed by atoms with Gasteiger partial charge in [-0.1, -0.05) is 100 Å². The van der Waals surface area contributed by atoms with Crippen LogP contribution in [0.5, 0.6) is 11.5 Å². The fraction of sp³-hybridized carbons (Fsp3) is 0.375. The molecule has 5 aromatic carbocycles. The van der Waals surface area contributed by atoms with Crippen LogP contribution in [0.4, 0.5) is 17.1 Å². The van der Waals surface area contributed by atoms with Crippen molar-refractivity contribution in [1.29, 1.82) is 0 Å². The van der Waals surface area contributed by atoms with Gasteiger partial charge in [-0.05, 0) is 143 Å². The quantitative estimate of drug-likeness (QED) is 0.191. The zero-order valence-electron chi connectivity index (χ0n) is 29.9. The van der Waals surface area contributed by atoms with Crippen LogP contribution in [0.2, 0.25) is 0 Å². The van der Waals surface area contributed by atoms with Crippen molar-refractivity contribution >= 4 is 17.1 Å². The SMILES string of the molecule is CC1(C)CCC(C)(C)c2c(N(c3ccccc3)c3ccc(-c4ccc5c(c4)Oc4ccccc4C54C5CC6CC7CC4C75C6)cc3)cccc21. The lowest BCUT2D eigenvalue weighted by atomic mass is 9.26. The maximum atomic E-state index is 6.82. The maximum absolute atomic E-state index is 6.82. The summed E-state index contributed by atoms with van der Waals surface area (Å²) in [7, 11) is 0. The first-order valence-electron chi connectivity index (χ1n) is 19.2. The molecule has 2 nitrogen and oxygen atoms in total. The van der Waals surface area contributed by atoms with E-state index in [0.29, 0.717) is 5.41 Å². The second-order valence-corrected chi connectivity index (χ2v) is 18.1. The highest BCUT2D eigenvalue weighted by Gasteiger charge is 2.84. The molecule has 2 spiro atoms. The van der Waals surface area contributed by atoms with Crippen LogP contribution < -0.4 is 9.64 Å². The van der Waals surface area contributed by atoms with E-state index in [1.54, 1.807) is 0 Å². The Labute approximate surface area is 297 Å². The number of anilines is 3. The van der Waals surface area contributed by atoms with Crippen molar-refractivity contribution in [2.75, 3.05) is 4.90 Å². The number of benzene rings is 5. The van der Waals surface area contributed by atoms with Crippen molar-refractivity contribution in [2.24, 2.45) is 29.1 Å². The van der Waals surface area contributed by atoms with Crippen molar-refractivity contribution in [3.63, 3.8) is 0 Å². The van der Waals surface area contributed by atoms with E-state index < -0.39 is 0 Å². The predicted molar refractivity (Wildman–Crippen MR) is 204 cm³/mol. The molecule has 2 heteroatoms. The molecule has 5 aliphatic carbocycles. The summed E-state index contributed by atoms with van der Waals surface area (Å²) in [4.78, 5) is 2.48. The number of para-hydroxylation sites is 2. The van der Waals surface area contributed by atoms with Crippen molar-refractivity contribution in [3.8, 4) is 22.6 Å². The van der Waals surface area contributed by atoms with Gasteiger partial charge >= 0.3 is 0 Å². The monoisotopic (exact) mass is 653 g/mol. The minimum Gasteiger partial charge on any atom is -0.457 e. The third-order valence-electron chi connectivity index (χ3n) is 15.0. The Morgan fingerprint density at radius 3 is 2.08 bits per heavy atom. The first kappa shape index (κ1) is 29.4. The molecule has 1 heterocycles. The van der Waals surface area contributed by atoms with Gasteiger partial charge in [0.05, 0.1) is 5.69 Å². The van der Waals surface area contributed by atoms with Crippen LogP contribution in [0.25, 0.3) is 11.1 Å². The van der Waals surface area contributed by atoms with E-state index in [0.717, 1.165) is 35.2 Å². The van der Waals surface area contributed by atoms with E-state index in [4.69, 9.17) is 4.74 Å². The number of rotatable bonds is 4. The van der Waals surface area contributed by atoms with E-state index in [1.807, 2.05) is 0 Å². The number of hydrogen-bond donors (Lipinski definition) is 0. The molecular formula is C48H47NO. The van der Waals surface area contributed by atoms with Gasteiger partial charge in [-0.2, -0.15) is 0 Å². The summed E-state index contributed by atoms with van der Waals surface area (Å²) in [5.41, 5.74) is 13.0. The largest absolute Gasteiger partial charge is 0.457 e. The highest BCUT2D eigenvalue weighted by Crippen LogP contribution is 2.89. The van der Waals surface area contributed by atoms with Gasteiger partial charge in [0.2, 0.25) is 0 Å². The third-order valence-corrected chi connectivity index (χ3v) is 15.0. The van der Waals surface area contributed by atoms with Gasteiger partial charge in [0, 0.05) is 27.9 Å². The summed E-state index contributed by atoms with van der Waals surface area (Å²) in [6.07, 6.45) is 8.17. The molecule has 4 fully saturated rings. The van der Waals surface area contributed by atoms with Gasteiger partial charge in [0.25, 0.3) is 0 Å². The molecule has 250 valence electrons. The fourth-order valence-electron chi connectivity index (χ4n) is 13.0. The number of hydrogen-bond acceptors (Lipinski definition) is 2. The number of nitrogens with zero attached hydrogens (tertiary/aromatic N) is 1.